The first-order valence-corrected chi connectivity index (χ1v) is 8.14. The Kier molecular flexibility index (Phi) is 5.47. The predicted molar refractivity (Wildman–Crippen MR) is 73.4 cm³/mol. The third-order valence-electron chi connectivity index (χ3n) is 3.16. The van der Waals surface area contributed by atoms with E-state index >= 15 is 0 Å². The Morgan fingerprint density at radius 3 is 2.55 bits per heavy atom. The molecule has 0 saturated carbocycles. The van der Waals surface area contributed by atoms with E-state index in [9.17, 15) is 12.8 Å². The topological polar surface area (TPSA) is 67.4 Å². The molecule has 7 heteroatoms. The molecule has 1 aliphatic rings. The molecule has 0 radical (unpaired) electrons. The lowest BCUT2D eigenvalue weighted by atomic mass is 10.1. The SMILES string of the molecule is O=S(=O)(NCCOC1CCNCC1)c1ccc(F)cc1. The Labute approximate surface area is 118 Å². The average Bonchev–Trinajstić information content (AvgIpc) is 2.45. The second-order valence-corrected chi connectivity index (χ2v) is 6.44. The Hall–Kier alpha value is -1.02. The maximum absolute atomic E-state index is 12.7. The molecule has 0 unspecified atom stereocenters. The molecule has 112 valence electrons. The van der Waals surface area contributed by atoms with Gasteiger partial charge in [0.05, 0.1) is 17.6 Å². The van der Waals surface area contributed by atoms with Gasteiger partial charge in [-0.1, -0.05) is 0 Å². The van der Waals surface area contributed by atoms with Gasteiger partial charge in [-0.15, -0.1) is 0 Å². The smallest absolute Gasteiger partial charge is 0.240 e. The van der Waals surface area contributed by atoms with Crippen LogP contribution in [0.1, 0.15) is 12.8 Å². The highest BCUT2D eigenvalue weighted by Gasteiger charge is 2.15. The van der Waals surface area contributed by atoms with E-state index in [4.69, 9.17) is 4.74 Å². The summed E-state index contributed by atoms with van der Waals surface area (Å²) in [7, 11) is -3.59. The van der Waals surface area contributed by atoms with Crippen molar-refractivity contribution in [1.82, 2.24) is 10.0 Å². The first kappa shape index (κ1) is 15.4. The van der Waals surface area contributed by atoms with E-state index in [0.29, 0.717) is 6.61 Å². The maximum atomic E-state index is 12.7. The van der Waals surface area contributed by atoms with Gasteiger partial charge in [0.2, 0.25) is 10.0 Å². The monoisotopic (exact) mass is 302 g/mol. The highest BCUT2D eigenvalue weighted by atomic mass is 32.2. The number of hydrogen-bond acceptors (Lipinski definition) is 4. The number of nitrogens with one attached hydrogen (secondary N) is 2. The fraction of sp³-hybridized carbons (Fsp3) is 0.538. The fourth-order valence-corrected chi connectivity index (χ4v) is 3.07. The lowest BCUT2D eigenvalue weighted by Crippen LogP contribution is -2.34. The second kappa shape index (κ2) is 7.12. The van der Waals surface area contributed by atoms with Crippen LogP contribution in [0.2, 0.25) is 0 Å². The number of piperidine rings is 1. The standard InChI is InChI=1S/C13H19FN2O3S/c14-11-1-3-13(4-2-11)20(17,18)16-9-10-19-12-5-7-15-8-6-12/h1-4,12,15-16H,5-10H2. The number of sulfonamides is 1. The first-order chi connectivity index (χ1) is 9.58. The molecule has 1 fully saturated rings. The molecule has 0 bridgehead atoms. The fourth-order valence-electron chi connectivity index (χ4n) is 2.06. The normalized spacial score (nSPS) is 17.2. The average molecular weight is 302 g/mol. The number of hydrogen-bond donors (Lipinski definition) is 2. The van der Waals surface area contributed by atoms with Crippen LogP contribution in [0.5, 0.6) is 0 Å². The largest absolute Gasteiger partial charge is 0.377 e. The van der Waals surface area contributed by atoms with Crippen LogP contribution in [0.25, 0.3) is 0 Å². The van der Waals surface area contributed by atoms with Crippen LogP contribution in [0.4, 0.5) is 4.39 Å². The van der Waals surface area contributed by atoms with Crippen LogP contribution >= 0.6 is 0 Å². The zero-order valence-corrected chi connectivity index (χ0v) is 12.0. The molecule has 1 aromatic carbocycles. The van der Waals surface area contributed by atoms with Crippen LogP contribution in [0.15, 0.2) is 29.2 Å². The molecular weight excluding hydrogens is 283 g/mol. The summed E-state index contributed by atoms with van der Waals surface area (Å²) in [4.78, 5) is 0.0563. The molecule has 0 aliphatic carbocycles. The number of ether oxygens (including phenoxy) is 1. The zero-order chi connectivity index (χ0) is 14.4. The summed E-state index contributed by atoms with van der Waals surface area (Å²) >= 11 is 0. The van der Waals surface area contributed by atoms with Gasteiger partial charge in [0.25, 0.3) is 0 Å². The lowest BCUT2D eigenvalue weighted by Gasteiger charge is -2.22. The van der Waals surface area contributed by atoms with Gasteiger partial charge >= 0.3 is 0 Å². The minimum Gasteiger partial charge on any atom is -0.377 e. The molecule has 1 saturated heterocycles. The molecule has 2 rings (SSSR count). The highest BCUT2D eigenvalue weighted by Crippen LogP contribution is 2.10. The predicted octanol–water partition coefficient (Wildman–Crippen LogP) is 0.873. The van der Waals surface area contributed by atoms with Crippen molar-refractivity contribution in [2.24, 2.45) is 0 Å². The van der Waals surface area contributed by atoms with Gasteiger partial charge in [-0.25, -0.2) is 17.5 Å². The summed E-state index contributed by atoms with van der Waals surface area (Å²) in [6.45, 7) is 2.42. The van der Waals surface area contributed by atoms with Gasteiger partial charge in [0, 0.05) is 6.54 Å². The summed E-state index contributed by atoms with van der Waals surface area (Å²) in [6, 6.07) is 4.73. The van der Waals surface area contributed by atoms with Gasteiger partial charge in [-0.05, 0) is 50.2 Å². The summed E-state index contributed by atoms with van der Waals surface area (Å²) < 4.78 is 44.6. The summed E-state index contributed by atoms with van der Waals surface area (Å²) in [5.74, 6) is -0.460. The van der Waals surface area contributed by atoms with Crippen molar-refractivity contribution in [1.29, 1.82) is 0 Å². The van der Waals surface area contributed by atoms with E-state index in [1.54, 1.807) is 0 Å². The number of benzene rings is 1. The molecule has 1 heterocycles. The molecule has 0 aromatic heterocycles. The number of rotatable bonds is 6. The van der Waals surface area contributed by atoms with Crippen LogP contribution in [0.3, 0.4) is 0 Å². The van der Waals surface area contributed by atoms with Crippen molar-refractivity contribution in [2.75, 3.05) is 26.2 Å². The third-order valence-corrected chi connectivity index (χ3v) is 4.63. The Bertz CT molecular complexity index is 513. The van der Waals surface area contributed by atoms with Crippen LogP contribution < -0.4 is 10.0 Å². The van der Waals surface area contributed by atoms with Gasteiger partial charge < -0.3 is 10.1 Å². The number of halogens is 1. The molecule has 1 aliphatic heterocycles. The molecule has 0 spiro atoms. The van der Waals surface area contributed by atoms with E-state index in [2.05, 4.69) is 10.0 Å². The molecule has 0 amide bonds. The van der Waals surface area contributed by atoms with Crippen molar-refractivity contribution >= 4 is 10.0 Å². The minimum absolute atomic E-state index is 0.0563. The zero-order valence-electron chi connectivity index (χ0n) is 11.1. The van der Waals surface area contributed by atoms with Gasteiger partial charge in [-0.2, -0.15) is 0 Å². The molecule has 20 heavy (non-hydrogen) atoms. The van der Waals surface area contributed by atoms with E-state index in [1.165, 1.54) is 12.1 Å². The Balaban J connectivity index is 1.76. The highest BCUT2D eigenvalue weighted by molar-refractivity contribution is 7.89. The van der Waals surface area contributed by atoms with E-state index < -0.39 is 15.8 Å². The van der Waals surface area contributed by atoms with Crippen LogP contribution in [-0.2, 0) is 14.8 Å². The van der Waals surface area contributed by atoms with Crippen molar-refractivity contribution in [2.45, 2.75) is 23.8 Å². The summed E-state index contributed by atoms with van der Waals surface area (Å²) in [5.41, 5.74) is 0. The van der Waals surface area contributed by atoms with Crippen molar-refractivity contribution in [3.8, 4) is 0 Å². The summed E-state index contributed by atoms with van der Waals surface area (Å²) in [5, 5.41) is 3.23. The van der Waals surface area contributed by atoms with Crippen molar-refractivity contribution in [3.05, 3.63) is 30.1 Å². The molecular formula is C13H19FN2O3S. The maximum Gasteiger partial charge on any atom is 0.240 e. The van der Waals surface area contributed by atoms with Crippen LogP contribution in [0, 0.1) is 5.82 Å². The summed E-state index contributed by atoms with van der Waals surface area (Å²) in [6.07, 6.45) is 2.10. The Morgan fingerprint density at radius 2 is 1.90 bits per heavy atom. The van der Waals surface area contributed by atoms with Crippen molar-refractivity contribution < 1.29 is 17.5 Å². The molecule has 0 atom stereocenters. The first-order valence-electron chi connectivity index (χ1n) is 6.65. The second-order valence-electron chi connectivity index (χ2n) is 4.67. The lowest BCUT2D eigenvalue weighted by molar-refractivity contribution is 0.0367. The molecule has 5 nitrogen and oxygen atoms in total. The quantitative estimate of drug-likeness (QED) is 0.765. The van der Waals surface area contributed by atoms with Gasteiger partial charge in [-0.3, -0.25) is 0 Å². The van der Waals surface area contributed by atoms with E-state index in [1.807, 2.05) is 0 Å². The van der Waals surface area contributed by atoms with Crippen molar-refractivity contribution in [3.63, 3.8) is 0 Å². The third kappa shape index (κ3) is 4.52. The van der Waals surface area contributed by atoms with Gasteiger partial charge in [0.15, 0.2) is 0 Å². The van der Waals surface area contributed by atoms with E-state index in [-0.39, 0.29) is 17.5 Å². The van der Waals surface area contributed by atoms with E-state index in [0.717, 1.165) is 38.1 Å². The van der Waals surface area contributed by atoms with Gasteiger partial charge in [0.1, 0.15) is 5.82 Å². The Morgan fingerprint density at radius 1 is 1.25 bits per heavy atom. The molecule has 2 N–H and O–H groups in total. The molecule has 1 aromatic rings. The minimum atomic E-state index is -3.59. The van der Waals surface area contributed by atoms with Crippen LogP contribution in [-0.4, -0.2) is 40.8 Å².